The minimum absolute atomic E-state index is 0.147. The molecule has 5 heteroatoms. The maximum Gasteiger partial charge on any atom is 0.229 e. The van der Waals surface area contributed by atoms with Gasteiger partial charge in [0.1, 0.15) is 5.75 Å². The van der Waals surface area contributed by atoms with E-state index in [1.165, 1.54) is 5.56 Å². The average Bonchev–Trinajstić information content (AvgIpc) is 3.09. The van der Waals surface area contributed by atoms with Gasteiger partial charge in [-0.1, -0.05) is 43.0 Å². The monoisotopic (exact) mass is 382 g/mol. The summed E-state index contributed by atoms with van der Waals surface area (Å²) in [6.07, 6.45) is 2.14. The van der Waals surface area contributed by atoms with Crippen molar-refractivity contribution in [3.8, 4) is 5.75 Å². The number of aliphatic imine (C=N–C) groups is 1. The van der Waals surface area contributed by atoms with Crippen LogP contribution in [0, 0.1) is 6.92 Å². The van der Waals surface area contributed by atoms with Gasteiger partial charge in [0.15, 0.2) is 5.17 Å². The van der Waals surface area contributed by atoms with Crippen LogP contribution in [-0.4, -0.2) is 34.9 Å². The maximum absolute atomic E-state index is 13.0. The van der Waals surface area contributed by atoms with E-state index in [4.69, 9.17) is 9.73 Å². The molecule has 0 saturated carbocycles. The highest BCUT2D eigenvalue weighted by molar-refractivity contribution is 8.14. The predicted octanol–water partition coefficient (Wildman–Crippen LogP) is 4.98. The van der Waals surface area contributed by atoms with Crippen LogP contribution in [0.25, 0.3) is 0 Å². The second kappa shape index (κ2) is 9.09. The van der Waals surface area contributed by atoms with E-state index in [0.29, 0.717) is 6.42 Å². The van der Waals surface area contributed by atoms with Gasteiger partial charge in [-0.15, -0.1) is 0 Å². The molecule has 0 unspecified atom stereocenters. The number of benzene rings is 2. The molecule has 1 fully saturated rings. The molecule has 4 nitrogen and oxygen atoms in total. The Morgan fingerprint density at radius 2 is 2.04 bits per heavy atom. The lowest BCUT2D eigenvalue weighted by atomic mass is 10.1. The first kappa shape index (κ1) is 19.5. The van der Waals surface area contributed by atoms with Gasteiger partial charge in [0, 0.05) is 18.2 Å². The predicted molar refractivity (Wildman–Crippen MR) is 113 cm³/mol. The lowest BCUT2D eigenvalue weighted by molar-refractivity contribution is -0.128. The number of carbonyl (C=O) groups excluding carboxylic acids is 1. The lowest BCUT2D eigenvalue weighted by Crippen LogP contribution is -2.39. The molecule has 2 aromatic rings. The standard InChI is InChI=1S/C22H26N2O2S/c1-4-19-15-27-22(23-18-7-5-6-16(2)14-18)24(19)21(25)13-10-17-8-11-20(26-3)12-9-17/h5-9,11-12,14,19H,4,10,13,15H2,1-3H3/t19-/m0/s1. The first-order valence-corrected chi connectivity index (χ1v) is 10.3. The van der Waals surface area contributed by atoms with Gasteiger partial charge in [-0.3, -0.25) is 9.69 Å². The third-order valence-corrected chi connectivity index (χ3v) is 5.83. The van der Waals surface area contributed by atoms with Gasteiger partial charge in [0.25, 0.3) is 0 Å². The van der Waals surface area contributed by atoms with Crippen LogP contribution < -0.4 is 4.74 Å². The van der Waals surface area contributed by atoms with Crippen molar-refractivity contribution in [2.24, 2.45) is 4.99 Å². The molecule has 142 valence electrons. The zero-order valence-electron chi connectivity index (χ0n) is 16.1. The maximum atomic E-state index is 13.0. The second-order valence-electron chi connectivity index (χ2n) is 6.72. The number of amides is 1. The van der Waals surface area contributed by atoms with Crippen molar-refractivity contribution in [2.45, 2.75) is 39.2 Å². The first-order valence-electron chi connectivity index (χ1n) is 9.34. The fourth-order valence-corrected chi connectivity index (χ4v) is 4.43. The Labute approximate surface area is 165 Å². The van der Waals surface area contributed by atoms with Crippen LogP contribution in [0.5, 0.6) is 5.75 Å². The van der Waals surface area contributed by atoms with Gasteiger partial charge in [0.05, 0.1) is 12.8 Å². The fraction of sp³-hybridized carbons (Fsp3) is 0.364. The number of hydrogen-bond donors (Lipinski definition) is 0. The van der Waals surface area contributed by atoms with Crippen LogP contribution in [0.2, 0.25) is 0 Å². The van der Waals surface area contributed by atoms with E-state index in [2.05, 4.69) is 19.9 Å². The molecule has 2 aromatic carbocycles. The third-order valence-electron chi connectivity index (χ3n) is 4.73. The van der Waals surface area contributed by atoms with Crippen molar-refractivity contribution in [1.29, 1.82) is 0 Å². The van der Waals surface area contributed by atoms with E-state index in [-0.39, 0.29) is 11.9 Å². The van der Waals surface area contributed by atoms with Gasteiger partial charge in [0.2, 0.25) is 5.91 Å². The van der Waals surface area contributed by atoms with Crippen molar-refractivity contribution in [1.82, 2.24) is 4.90 Å². The molecular weight excluding hydrogens is 356 g/mol. The number of hydrogen-bond acceptors (Lipinski definition) is 4. The van der Waals surface area contributed by atoms with E-state index in [1.807, 2.05) is 47.4 Å². The number of methoxy groups -OCH3 is 1. The van der Waals surface area contributed by atoms with E-state index in [0.717, 1.165) is 40.8 Å². The molecule has 27 heavy (non-hydrogen) atoms. The molecule has 1 amide bonds. The summed E-state index contributed by atoms with van der Waals surface area (Å²) >= 11 is 1.68. The van der Waals surface area contributed by atoms with Gasteiger partial charge in [-0.25, -0.2) is 4.99 Å². The topological polar surface area (TPSA) is 41.9 Å². The van der Waals surface area contributed by atoms with Crippen LogP contribution in [0.3, 0.4) is 0 Å². The normalized spacial score (nSPS) is 18.1. The third kappa shape index (κ3) is 4.92. The van der Waals surface area contributed by atoms with Gasteiger partial charge in [-0.05, 0) is 55.2 Å². The molecule has 1 heterocycles. The second-order valence-corrected chi connectivity index (χ2v) is 7.71. The fourth-order valence-electron chi connectivity index (χ4n) is 3.14. The minimum atomic E-state index is 0.147. The Kier molecular flexibility index (Phi) is 6.56. The first-order chi connectivity index (χ1) is 13.1. The molecule has 1 saturated heterocycles. The van der Waals surface area contributed by atoms with Gasteiger partial charge >= 0.3 is 0 Å². The number of carbonyl (C=O) groups is 1. The Bertz CT molecular complexity index is 817. The zero-order valence-corrected chi connectivity index (χ0v) is 17.0. The summed E-state index contributed by atoms with van der Waals surface area (Å²) in [5, 5.41) is 0.826. The SMILES string of the molecule is CC[C@H]1CSC(=Nc2cccc(C)c2)N1C(=O)CCc1ccc(OC)cc1. The van der Waals surface area contributed by atoms with E-state index in [9.17, 15) is 4.79 Å². The molecule has 1 aliphatic heterocycles. The summed E-state index contributed by atoms with van der Waals surface area (Å²) < 4.78 is 5.19. The number of nitrogens with zero attached hydrogens (tertiary/aromatic N) is 2. The van der Waals surface area contributed by atoms with Crippen molar-refractivity contribution in [2.75, 3.05) is 12.9 Å². The van der Waals surface area contributed by atoms with Gasteiger partial charge < -0.3 is 4.74 Å². The Morgan fingerprint density at radius 3 is 2.70 bits per heavy atom. The number of rotatable bonds is 6. The molecule has 0 radical (unpaired) electrons. The van der Waals surface area contributed by atoms with Crippen LogP contribution in [0.1, 0.15) is 30.9 Å². The van der Waals surface area contributed by atoms with Gasteiger partial charge in [-0.2, -0.15) is 0 Å². The van der Waals surface area contributed by atoms with E-state index < -0.39 is 0 Å². The van der Waals surface area contributed by atoms with E-state index >= 15 is 0 Å². The number of ether oxygens (including phenoxy) is 1. The summed E-state index contributed by atoms with van der Waals surface area (Å²) in [6.45, 7) is 4.18. The van der Waals surface area contributed by atoms with Crippen LogP contribution in [0.4, 0.5) is 5.69 Å². The number of thioether (sulfide) groups is 1. The smallest absolute Gasteiger partial charge is 0.229 e. The van der Waals surface area contributed by atoms with Crippen molar-refractivity contribution >= 4 is 28.5 Å². The molecule has 0 spiro atoms. The molecule has 1 aliphatic rings. The quantitative estimate of drug-likeness (QED) is 0.708. The average molecular weight is 383 g/mol. The Balaban J connectivity index is 1.72. The highest BCUT2D eigenvalue weighted by atomic mass is 32.2. The van der Waals surface area contributed by atoms with Crippen molar-refractivity contribution < 1.29 is 9.53 Å². The van der Waals surface area contributed by atoms with Crippen molar-refractivity contribution in [3.63, 3.8) is 0 Å². The Hall–Kier alpha value is -2.27. The van der Waals surface area contributed by atoms with Crippen molar-refractivity contribution in [3.05, 3.63) is 59.7 Å². The molecule has 0 N–H and O–H groups in total. The molecule has 1 atom stereocenters. The van der Waals surface area contributed by atoms with Crippen LogP contribution in [-0.2, 0) is 11.2 Å². The molecule has 0 bridgehead atoms. The zero-order chi connectivity index (χ0) is 19.2. The molecule has 0 aromatic heterocycles. The lowest BCUT2D eigenvalue weighted by Gasteiger charge is -2.23. The Morgan fingerprint density at radius 1 is 1.26 bits per heavy atom. The highest BCUT2D eigenvalue weighted by Gasteiger charge is 2.33. The molecule has 3 rings (SSSR count). The van der Waals surface area contributed by atoms with Crippen LogP contribution >= 0.6 is 11.8 Å². The summed E-state index contributed by atoms with van der Waals surface area (Å²) in [5.41, 5.74) is 3.22. The summed E-state index contributed by atoms with van der Waals surface area (Å²) in [6, 6.07) is 16.2. The summed E-state index contributed by atoms with van der Waals surface area (Å²) in [7, 11) is 1.66. The largest absolute Gasteiger partial charge is 0.497 e. The highest BCUT2D eigenvalue weighted by Crippen LogP contribution is 2.30. The molecule has 0 aliphatic carbocycles. The van der Waals surface area contributed by atoms with Crippen LogP contribution in [0.15, 0.2) is 53.5 Å². The summed E-state index contributed by atoms with van der Waals surface area (Å²) in [5.74, 6) is 1.89. The number of amidine groups is 1. The number of aryl methyl sites for hydroxylation is 2. The molecular formula is C22H26N2O2S. The summed E-state index contributed by atoms with van der Waals surface area (Å²) in [4.78, 5) is 19.7. The minimum Gasteiger partial charge on any atom is -0.497 e. The van der Waals surface area contributed by atoms with E-state index in [1.54, 1.807) is 18.9 Å².